The molecule has 2 aliphatic rings. The Morgan fingerprint density at radius 2 is 1.63 bits per heavy atom. The summed E-state index contributed by atoms with van der Waals surface area (Å²) in [6.45, 7) is 4.76. The SMILES string of the molecule is C=CC(=O)NCc1ccc(C(=O)N2C[C@]3(CO)CCCC[C@]3(CO)C2)cc1. The van der Waals surface area contributed by atoms with E-state index in [2.05, 4.69) is 11.9 Å². The molecule has 1 aliphatic heterocycles. The second-order valence-electron chi connectivity index (χ2n) is 7.86. The van der Waals surface area contributed by atoms with Crippen molar-refractivity contribution in [3.63, 3.8) is 0 Å². The molecule has 3 rings (SSSR count). The van der Waals surface area contributed by atoms with Gasteiger partial charge in [0.1, 0.15) is 0 Å². The van der Waals surface area contributed by atoms with E-state index in [0.29, 0.717) is 25.2 Å². The van der Waals surface area contributed by atoms with E-state index < -0.39 is 10.8 Å². The van der Waals surface area contributed by atoms with Crippen LogP contribution < -0.4 is 5.32 Å². The van der Waals surface area contributed by atoms with Crippen molar-refractivity contribution in [2.24, 2.45) is 10.8 Å². The van der Waals surface area contributed by atoms with Gasteiger partial charge in [-0.15, -0.1) is 0 Å². The van der Waals surface area contributed by atoms with E-state index in [-0.39, 0.29) is 25.0 Å². The van der Waals surface area contributed by atoms with Gasteiger partial charge in [-0.1, -0.05) is 31.6 Å². The molecule has 0 radical (unpaired) electrons. The molecular formula is C21H28N2O4. The minimum Gasteiger partial charge on any atom is -0.396 e. The fourth-order valence-corrected chi connectivity index (χ4v) is 4.68. The molecule has 1 saturated heterocycles. The van der Waals surface area contributed by atoms with Gasteiger partial charge >= 0.3 is 0 Å². The summed E-state index contributed by atoms with van der Waals surface area (Å²) in [4.78, 5) is 26.0. The zero-order valence-electron chi connectivity index (χ0n) is 15.6. The molecule has 2 atom stereocenters. The lowest BCUT2D eigenvalue weighted by Crippen LogP contribution is -2.48. The summed E-state index contributed by atoms with van der Waals surface area (Å²) in [7, 11) is 0. The van der Waals surface area contributed by atoms with Crippen molar-refractivity contribution in [2.75, 3.05) is 26.3 Å². The van der Waals surface area contributed by atoms with E-state index in [4.69, 9.17) is 0 Å². The predicted molar refractivity (Wildman–Crippen MR) is 102 cm³/mol. The molecule has 27 heavy (non-hydrogen) atoms. The van der Waals surface area contributed by atoms with Crippen LogP contribution in [-0.4, -0.2) is 53.2 Å². The Hall–Kier alpha value is -2.18. The summed E-state index contributed by atoms with van der Waals surface area (Å²) >= 11 is 0. The average molecular weight is 372 g/mol. The number of nitrogens with one attached hydrogen (secondary N) is 1. The highest BCUT2D eigenvalue weighted by Gasteiger charge is 2.58. The molecule has 1 aromatic rings. The van der Waals surface area contributed by atoms with Crippen LogP contribution in [0, 0.1) is 10.8 Å². The van der Waals surface area contributed by atoms with Crippen LogP contribution in [0.2, 0.25) is 0 Å². The Labute approximate surface area is 159 Å². The van der Waals surface area contributed by atoms with E-state index in [1.54, 1.807) is 17.0 Å². The molecule has 1 saturated carbocycles. The Morgan fingerprint density at radius 3 is 2.11 bits per heavy atom. The molecule has 0 unspecified atom stereocenters. The van der Waals surface area contributed by atoms with Crippen LogP contribution in [0.5, 0.6) is 0 Å². The first-order chi connectivity index (χ1) is 13.0. The molecule has 2 amide bonds. The molecule has 0 aromatic heterocycles. The maximum absolute atomic E-state index is 13.0. The number of carbonyl (C=O) groups excluding carboxylic acids is 2. The topological polar surface area (TPSA) is 89.9 Å². The molecule has 1 heterocycles. The number of nitrogens with zero attached hydrogens (tertiary/aromatic N) is 1. The van der Waals surface area contributed by atoms with E-state index >= 15 is 0 Å². The zero-order chi connectivity index (χ0) is 19.5. The van der Waals surface area contributed by atoms with Crippen molar-refractivity contribution in [2.45, 2.75) is 32.2 Å². The fraction of sp³-hybridized carbons (Fsp3) is 0.524. The highest BCUT2D eigenvalue weighted by molar-refractivity contribution is 5.94. The van der Waals surface area contributed by atoms with Crippen LogP contribution in [0.3, 0.4) is 0 Å². The first kappa shape index (κ1) is 19.6. The van der Waals surface area contributed by atoms with Gasteiger partial charge in [0.25, 0.3) is 5.91 Å². The second-order valence-corrected chi connectivity index (χ2v) is 7.86. The maximum Gasteiger partial charge on any atom is 0.253 e. The average Bonchev–Trinajstić information content (AvgIpc) is 3.08. The highest BCUT2D eigenvalue weighted by Crippen LogP contribution is 2.55. The van der Waals surface area contributed by atoms with Gasteiger partial charge in [-0.05, 0) is 36.6 Å². The van der Waals surface area contributed by atoms with E-state index in [1.807, 2.05) is 12.1 Å². The molecule has 1 aromatic carbocycles. The summed E-state index contributed by atoms with van der Waals surface area (Å²) in [6.07, 6.45) is 4.95. The third-order valence-electron chi connectivity index (χ3n) is 6.42. The number of carbonyl (C=O) groups is 2. The summed E-state index contributed by atoms with van der Waals surface area (Å²) in [5.74, 6) is -0.315. The highest BCUT2D eigenvalue weighted by atomic mass is 16.3. The Morgan fingerprint density at radius 1 is 1.07 bits per heavy atom. The fourth-order valence-electron chi connectivity index (χ4n) is 4.68. The second kappa shape index (κ2) is 7.82. The van der Waals surface area contributed by atoms with Gasteiger partial charge in [0.2, 0.25) is 5.91 Å². The summed E-state index contributed by atoms with van der Waals surface area (Å²) < 4.78 is 0. The van der Waals surface area contributed by atoms with Gasteiger partial charge < -0.3 is 20.4 Å². The first-order valence-electron chi connectivity index (χ1n) is 9.49. The van der Waals surface area contributed by atoms with Crippen LogP contribution in [0.15, 0.2) is 36.9 Å². The lowest BCUT2D eigenvalue weighted by molar-refractivity contribution is -0.116. The molecule has 3 N–H and O–H groups in total. The Kier molecular flexibility index (Phi) is 5.67. The number of rotatable bonds is 6. The zero-order valence-corrected chi connectivity index (χ0v) is 15.6. The van der Waals surface area contributed by atoms with E-state index in [9.17, 15) is 19.8 Å². The van der Waals surface area contributed by atoms with Crippen molar-refractivity contribution in [1.82, 2.24) is 10.2 Å². The number of benzene rings is 1. The number of hydrogen-bond donors (Lipinski definition) is 3. The monoisotopic (exact) mass is 372 g/mol. The van der Waals surface area contributed by atoms with Gasteiger partial charge in [-0.2, -0.15) is 0 Å². The third-order valence-corrected chi connectivity index (χ3v) is 6.42. The van der Waals surface area contributed by atoms with Crippen molar-refractivity contribution in [1.29, 1.82) is 0 Å². The number of aliphatic hydroxyl groups is 2. The minimum absolute atomic E-state index is 0.000715. The van der Waals surface area contributed by atoms with Gasteiger partial charge in [0, 0.05) is 36.0 Å². The molecule has 6 heteroatoms. The normalized spacial score (nSPS) is 27.1. The van der Waals surface area contributed by atoms with E-state index in [1.165, 1.54) is 6.08 Å². The van der Waals surface area contributed by atoms with Gasteiger partial charge in [0.05, 0.1) is 13.2 Å². The molecule has 0 spiro atoms. The molecule has 0 bridgehead atoms. The summed E-state index contributed by atoms with van der Waals surface area (Å²) in [5, 5.41) is 22.9. The number of hydrogen-bond acceptors (Lipinski definition) is 4. The van der Waals surface area contributed by atoms with Crippen LogP contribution in [0.25, 0.3) is 0 Å². The standard InChI is InChI=1S/C21H28N2O4/c1-2-18(26)22-11-16-5-7-17(8-6-16)19(27)23-12-20(14-24)9-3-4-10-21(20,13-23)15-25/h2,5-8,24-25H,1,3-4,9-15H2,(H,22,26)/t20-,21+. The minimum atomic E-state index is -0.398. The quantitative estimate of drug-likeness (QED) is 0.660. The van der Waals surface area contributed by atoms with Crippen LogP contribution in [0.4, 0.5) is 0 Å². The van der Waals surface area contributed by atoms with Gasteiger partial charge in [-0.3, -0.25) is 9.59 Å². The molecule has 146 valence electrons. The van der Waals surface area contributed by atoms with Gasteiger partial charge in [0.15, 0.2) is 0 Å². The van der Waals surface area contributed by atoms with Crippen molar-refractivity contribution >= 4 is 11.8 Å². The van der Waals surface area contributed by atoms with Crippen molar-refractivity contribution < 1.29 is 19.8 Å². The predicted octanol–water partition coefficient (Wildman–Crippen LogP) is 1.48. The Balaban J connectivity index is 1.72. The third kappa shape index (κ3) is 3.51. The molecule has 6 nitrogen and oxygen atoms in total. The number of amides is 2. The molecule has 2 fully saturated rings. The number of likely N-dealkylation sites (tertiary alicyclic amines) is 1. The van der Waals surface area contributed by atoms with Crippen LogP contribution in [0.1, 0.15) is 41.6 Å². The van der Waals surface area contributed by atoms with Crippen LogP contribution >= 0.6 is 0 Å². The number of aliphatic hydroxyl groups excluding tert-OH is 2. The van der Waals surface area contributed by atoms with Crippen molar-refractivity contribution in [3.05, 3.63) is 48.0 Å². The lowest BCUT2D eigenvalue weighted by Gasteiger charge is -2.46. The largest absolute Gasteiger partial charge is 0.396 e. The van der Waals surface area contributed by atoms with Crippen LogP contribution in [-0.2, 0) is 11.3 Å². The first-order valence-corrected chi connectivity index (χ1v) is 9.49. The lowest BCUT2D eigenvalue weighted by atomic mass is 9.58. The Bertz CT molecular complexity index is 695. The van der Waals surface area contributed by atoms with Crippen molar-refractivity contribution in [3.8, 4) is 0 Å². The number of fused-ring (bicyclic) bond motifs is 1. The van der Waals surface area contributed by atoms with E-state index in [0.717, 1.165) is 31.2 Å². The molecular weight excluding hydrogens is 344 g/mol. The van der Waals surface area contributed by atoms with Gasteiger partial charge in [-0.25, -0.2) is 0 Å². The maximum atomic E-state index is 13.0. The summed E-state index contributed by atoms with van der Waals surface area (Å²) in [6, 6.07) is 7.17. The summed E-state index contributed by atoms with van der Waals surface area (Å²) in [5.41, 5.74) is 0.680. The molecule has 1 aliphatic carbocycles. The smallest absolute Gasteiger partial charge is 0.253 e.